The zero-order valence-corrected chi connectivity index (χ0v) is 21.8. The van der Waals surface area contributed by atoms with Crippen molar-refractivity contribution in [2.24, 2.45) is 5.73 Å². The van der Waals surface area contributed by atoms with Gasteiger partial charge < -0.3 is 45.7 Å². The molecule has 1 unspecified atom stereocenters. The highest BCUT2D eigenvalue weighted by molar-refractivity contribution is 7.61. The third-order valence-corrected chi connectivity index (χ3v) is 8.52. The van der Waals surface area contributed by atoms with E-state index in [-0.39, 0.29) is 22.7 Å². The number of hydrogen-bond acceptors (Lipinski definition) is 13. The Morgan fingerprint density at radius 3 is 2.69 bits per heavy atom. The molecule has 5 atom stereocenters. The van der Waals surface area contributed by atoms with Gasteiger partial charge in [0.2, 0.25) is 0 Å². The number of nitrogen functional groups attached to an aromatic ring is 1. The van der Waals surface area contributed by atoms with Gasteiger partial charge in [0.25, 0.3) is 0 Å². The highest BCUT2D eigenvalue weighted by Crippen LogP contribution is 2.61. The molecule has 17 nitrogen and oxygen atoms in total. The minimum Gasteiger partial charge on any atom is -0.404 e. The maximum atomic E-state index is 13.3. The van der Waals surface area contributed by atoms with Gasteiger partial charge in [0.15, 0.2) is 17.7 Å². The lowest BCUT2D eigenvalue weighted by molar-refractivity contribution is -0.0500. The summed E-state index contributed by atoms with van der Waals surface area (Å²) in [6, 6.07) is 4.47. The normalized spacial score (nSPS) is 23.4. The van der Waals surface area contributed by atoms with Crippen LogP contribution in [-0.4, -0.2) is 76.0 Å². The molecule has 0 aliphatic carbocycles. The molecule has 0 radical (unpaired) electrons. The summed E-state index contributed by atoms with van der Waals surface area (Å²) in [6.45, 7) is -0.382. The van der Waals surface area contributed by atoms with Gasteiger partial charge in [0.1, 0.15) is 35.9 Å². The summed E-state index contributed by atoms with van der Waals surface area (Å²) >= 11 is 0. The van der Waals surface area contributed by atoms with Crippen LogP contribution in [0.5, 0.6) is 5.75 Å². The number of nitrogens with two attached hydrogens (primary N) is 2. The number of aliphatic hydroxyl groups is 2. The number of hydrogen-bond donors (Lipinski definition) is 7. The quantitative estimate of drug-likeness (QED) is 0.124. The minimum atomic E-state index is -5.38. The first-order chi connectivity index (χ1) is 18.5. The van der Waals surface area contributed by atoms with Crippen LogP contribution in [0.25, 0.3) is 22.1 Å². The van der Waals surface area contributed by atoms with Gasteiger partial charge in [-0.1, -0.05) is 0 Å². The van der Waals surface area contributed by atoms with E-state index in [0.717, 1.165) is 11.1 Å². The Morgan fingerprint density at radius 1 is 1.15 bits per heavy atom. The van der Waals surface area contributed by atoms with Crippen molar-refractivity contribution in [3.8, 4) is 5.75 Å². The lowest BCUT2D eigenvalue weighted by Gasteiger charge is -2.21. The van der Waals surface area contributed by atoms with E-state index in [0.29, 0.717) is 18.4 Å². The van der Waals surface area contributed by atoms with Crippen molar-refractivity contribution >= 4 is 43.5 Å². The van der Waals surface area contributed by atoms with E-state index in [1.807, 2.05) is 0 Å². The van der Waals surface area contributed by atoms with Gasteiger partial charge in [-0.15, -0.1) is 0 Å². The van der Waals surface area contributed by atoms with E-state index < -0.39 is 46.8 Å². The number of fused-ring (bicyclic) bond motifs is 2. The first kappa shape index (κ1) is 27.6. The molecule has 5 rings (SSSR count). The zero-order chi connectivity index (χ0) is 27.9. The third-order valence-electron chi connectivity index (χ3n) is 5.97. The molecule has 1 aliphatic heterocycles. The summed E-state index contributed by atoms with van der Waals surface area (Å²) in [7, 11) is -10.4. The van der Waals surface area contributed by atoms with Crippen molar-refractivity contribution in [3.63, 3.8) is 0 Å². The Morgan fingerprint density at radius 2 is 1.95 bits per heavy atom. The van der Waals surface area contributed by atoms with Crippen LogP contribution in [0, 0.1) is 0 Å². The second-order valence-corrected chi connectivity index (χ2v) is 11.6. The van der Waals surface area contributed by atoms with Crippen LogP contribution < -0.4 is 16.0 Å². The molecule has 1 aromatic carbocycles. The fourth-order valence-electron chi connectivity index (χ4n) is 4.22. The number of nitrogens with zero attached hydrogens (tertiary/aromatic N) is 4. The Bertz CT molecular complexity index is 1590. The zero-order valence-electron chi connectivity index (χ0n) is 20.0. The summed E-state index contributed by atoms with van der Waals surface area (Å²) < 4.78 is 46.8. The summed E-state index contributed by atoms with van der Waals surface area (Å²) in [5, 5.41) is 21.9. The van der Waals surface area contributed by atoms with Gasteiger partial charge in [-0.3, -0.25) is 9.09 Å². The average molecular weight is 585 g/mol. The van der Waals surface area contributed by atoms with E-state index in [2.05, 4.69) is 24.2 Å². The Labute approximate surface area is 219 Å². The van der Waals surface area contributed by atoms with E-state index in [1.165, 1.54) is 29.4 Å². The van der Waals surface area contributed by atoms with Gasteiger partial charge in [0.05, 0.1) is 12.9 Å². The van der Waals surface area contributed by atoms with Crippen molar-refractivity contribution in [2.45, 2.75) is 31.0 Å². The number of imidazole rings is 1. The molecule has 1 fully saturated rings. The van der Waals surface area contributed by atoms with E-state index in [9.17, 15) is 29.1 Å². The maximum Gasteiger partial charge on any atom is 0.539 e. The first-order valence-electron chi connectivity index (χ1n) is 11.4. The number of phosphoric ester groups is 1. The Balaban J connectivity index is 1.35. The smallest absolute Gasteiger partial charge is 0.404 e. The number of benzene rings is 1. The molecule has 0 saturated carbocycles. The Hall–Kier alpha value is -2.95. The molecular formula is C20H25N7O10P2. The molecule has 19 heteroatoms. The van der Waals surface area contributed by atoms with Crippen molar-refractivity contribution in [1.29, 1.82) is 0 Å². The molecule has 9 N–H and O–H groups in total. The molecule has 3 aromatic heterocycles. The molecular weight excluding hydrogens is 560 g/mol. The van der Waals surface area contributed by atoms with Gasteiger partial charge in [-0.05, 0) is 36.7 Å². The molecule has 1 saturated heterocycles. The second kappa shape index (κ2) is 10.6. The number of ether oxygens (including phenoxy) is 1. The van der Waals surface area contributed by atoms with Crippen LogP contribution in [0.1, 0.15) is 11.8 Å². The van der Waals surface area contributed by atoms with Crippen molar-refractivity contribution in [3.05, 3.63) is 42.6 Å². The highest BCUT2D eigenvalue weighted by Gasteiger charge is 2.47. The van der Waals surface area contributed by atoms with E-state index in [1.54, 1.807) is 12.3 Å². The summed E-state index contributed by atoms with van der Waals surface area (Å²) in [4.78, 5) is 33.7. The summed E-state index contributed by atoms with van der Waals surface area (Å²) in [5.74, 6) is 0.0115. The minimum absolute atomic E-state index is 0.0786. The lowest BCUT2D eigenvalue weighted by atomic mass is 10.1. The molecule has 0 amide bonds. The van der Waals surface area contributed by atoms with Gasteiger partial charge >= 0.3 is 15.6 Å². The fourth-order valence-corrected chi connectivity index (χ4v) is 6.34. The molecule has 210 valence electrons. The van der Waals surface area contributed by atoms with E-state index in [4.69, 9.17) is 25.3 Å². The largest absolute Gasteiger partial charge is 0.539 e. The third kappa shape index (κ3) is 5.69. The number of aromatic amines is 1. The molecule has 1 aliphatic rings. The number of H-pyrrole nitrogens is 1. The molecule has 39 heavy (non-hydrogen) atoms. The monoisotopic (exact) mass is 585 g/mol. The summed E-state index contributed by atoms with van der Waals surface area (Å²) in [6.07, 6.45) is -0.908. The van der Waals surface area contributed by atoms with Crippen LogP contribution in [0.3, 0.4) is 0 Å². The predicted molar refractivity (Wildman–Crippen MR) is 134 cm³/mol. The highest BCUT2D eigenvalue weighted by atomic mass is 31.3. The van der Waals surface area contributed by atoms with Crippen LogP contribution in [-0.2, 0) is 29.1 Å². The molecule has 0 spiro atoms. The maximum absolute atomic E-state index is 13.3. The number of phosphoric acid groups is 2. The topological polar surface area (TPSA) is 263 Å². The van der Waals surface area contributed by atoms with Crippen LogP contribution in [0.15, 0.2) is 37.1 Å². The van der Waals surface area contributed by atoms with Crippen molar-refractivity contribution < 1.29 is 47.2 Å². The van der Waals surface area contributed by atoms with Crippen LogP contribution in [0.4, 0.5) is 5.82 Å². The second-order valence-electron chi connectivity index (χ2n) is 8.60. The van der Waals surface area contributed by atoms with Crippen molar-refractivity contribution in [2.75, 3.05) is 18.9 Å². The Kier molecular flexibility index (Phi) is 7.47. The standard InChI is InChI=1S/C20H25N7O10P2/c21-4-3-10-6-23-13-2-1-11(5-12(10)13)36-39(33,37-38(30,31)32)34-7-14-16(28)17(29)20(35-14)27-9-26-15-18(22)24-8-25-19(15)27/h1-2,5-6,8-9,14,16-17,20,23,28-29H,3-4,7,21H2,(H2,22,24,25)(H2,30,31,32)/t14-,16-,17-,20-,39?/m1/s1. The molecule has 0 bridgehead atoms. The number of nitrogens with one attached hydrogen (secondary N) is 1. The SMILES string of the molecule is NCCc1c[nH]c2ccc(OP(=O)(OC[C@H]3O[C@@H](n4cnc5c(N)ncnc54)[C@H](O)[C@@H]3O)OP(=O)(O)O)cc12. The summed E-state index contributed by atoms with van der Waals surface area (Å²) in [5.41, 5.74) is 13.4. The van der Waals surface area contributed by atoms with Crippen LogP contribution >= 0.6 is 15.6 Å². The van der Waals surface area contributed by atoms with Crippen molar-refractivity contribution in [1.82, 2.24) is 24.5 Å². The predicted octanol–water partition coefficient (Wildman–Crippen LogP) is 0.323. The van der Waals surface area contributed by atoms with Crippen LogP contribution in [0.2, 0.25) is 0 Å². The average Bonchev–Trinajstić information content (AvgIpc) is 3.54. The lowest BCUT2D eigenvalue weighted by Crippen LogP contribution is -2.33. The fraction of sp³-hybridized carbons (Fsp3) is 0.350. The number of aromatic nitrogens is 5. The number of rotatable bonds is 10. The number of anilines is 1. The molecule has 4 heterocycles. The first-order valence-corrected chi connectivity index (χ1v) is 14.4. The van der Waals surface area contributed by atoms with Gasteiger partial charge in [-0.25, -0.2) is 24.1 Å². The number of aliphatic hydroxyl groups excluding tert-OH is 2. The molecule has 4 aromatic rings. The van der Waals surface area contributed by atoms with Gasteiger partial charge in [-0.2, -0.15) is 4.31 Å². The van der Waals surface area contributed by atoms with E-state index >= 15 is 0 Å². The van der Waals surface area contributed by atoms with Gasteiger partial charge in [0, 0.05) is 17.1 Å².